The average Bonchev–Trinajstić information content (AvgIpc) is 2.94. The number of aromatic nitrogens is 1. The summed E-state index contributed by atoms with van der Waals surface area (Å²) in [6.07, 6.45) is 3.64. The molecule has 2 heterocycles. The van der Waals surface area contributed by atoms with Gasteiger partial charge in [-0.2, -0.15) is 0 Å². The maximum atomic E-state index is 13.9. The van der Waals surface area contributed by atoms with E-state index in [1.54, 1.807) is 25.3 Å². The van der Waals surface area contributed by atoms with E-state index in [0.29, 0.717) is 85.6 Å². The number of piperidine rings is 1. The Hall–Kier alpha value is -2.75. The van der Waals surface area contributed by atoms with Crippen molar-refractivity contribution < 1.29 is 32.5 Å². The summed E-state index contributed by atoms with van der Waals surface area (Å²) in [4.78, 5) is 6.50. The molecule has 2 aromatic carbocycles. The number of aryl methyl sites for hydroxylation is 1. The average molecular weight is 535 g/mol. The van der Waals surface area contributed by atoms with Crippen molar-refractivity contribution in [1.29, 1.82) is 0 Å². The lowest BCUT2D eigenvalue weighted by Crippen LogP contribution is -2.42. The van der Waals surface area contributed by atoms with Gasteiger partial charge in [-0.3, -0.25) is 4.98 Å². The first-order valence-electron chi connectivity index (χ1n) is 13.0. The molecule has 38 heavy (non-hydrogen) atoms. The Kier molecular flexibility index (Phi) is 9.23. The van der Waals surface area contributed by atoms with E-state index in [1.165, 1.54) is 6.20 Å². The van der Waals surface area contributed by atoms with Gasteiger partial charge in [0.2, 0.25) is 0 Å². The van der Waals surface area contributed by atoms with Crippen molar-refractivity contribution in [3.8, 4) is 5.75 Å². The van der Waals surface area contributed by atoms with Gasteiger partial charge in [-0.05, 0) is 99.0 Å². The van der Waals surface area contributed by atoms with Crippen molar-refractivity contribution in [2.24, 2.45) is 5.41 Å². The molecule has 2 N–H and O–H groups in total. The van der Waals surface area contributed by atoms with Gasteiger partial charge in [-0.1, -0.05) is 0 Å². The van der Waals surface area contributed by atoms with Crippen LogP contribution in [0.3, 0.4) is 0 Å². The van der Waals surface area contributed by atoms with E-state index in [-0.39, 0.29) is 24.0 Å². The molecule has 0 bridgehead atoms. The summed E-state index contributed by atoms with van der Waals surface area (Å²) in [6.45, 7) is 1.29. The number of aliphatic hydroxyl groups excluding tert-OH is 2. The highest BCUT2D eigenvalue weighted by molar-refractivity contribution is 5.85. The number of pyridine rings is 1. The van der Waals surface area contributed by atoms with E-state index in [1.807, 2.05) is 0 Å². The summed E-state index contributed by atoms with van der Waals surface area (Å²) in [7, 11) is 1.54. The van der Waals surface area contributed by atoms with E-state index >= 15 is 0 Å². The highest BCUT2D eigenvalue weighted by atomic mass is 19.2. The SMILES string of the molecule is COc1ccc2ncc(CF)c([C@H](O)CCC3(CO)CCN(CCCc4cc(F)cc(F)c4F)CC3)c2c1. The molecule has 0 amide bonds. The molecule has 1 fully saturated rings. The van der Waals surface area contributed by atoms with Crippen molar-refractivity contribution in [3.63, 3.8) is 0 Å². The maximum Gasteiger partial charge on any atom is 0.162 e. The van der Waals surface area contributed by atoms with Crippen LogP contribution in [-0.4, -0.2) is 53.4 Å². The summed E-state index contributed by atoms with van der Waals surface area (Å²) in [6, 6.07) is 6.87. The molecular formula is C29H34F4N2O3. The molecule has 1 aromatic heterocycles. The van der Waals surface area contributed by atoms with Crippen LogP contribution in [0.5, 0.6) is 5.75 Å². The number of rotatable bonds is 11. The quantitative estimate of drug-likeness (QED) is 0.246. The lowest BCUT2D eigenvalue weighted by molar-refractivity contribution is 0.0233. The summed E-state index contributed by atoms with van der Waals surface area (Å²) >= 11 is 0. The van der Waals surface area contributed by atoms with Gasteiger partial charge >= 0.3 is 0 Å². The van der Waals surface area contributed by atoms with Gasteiger partial charge in [-0.15, -0.1) is 0 Å². The van der Waals surface area contributed by atoms with Crippen molar-refractivity contribution in [3.05, 3.63) is 70.7 Å². The molecule has 0 radical (unpaired) electrons. The molecule has 1 atom stereocenters. The van der Waals surface area contributed by atoms with Crippen LogP contribution in [-0.2, 0) is 13.1 Å². The number of methoxy groups -OCH3 is 1. The van der Waals surface area contributed by atoms with Crippen molar-refractivity contribution in [2.45, 2.75) is 51.3 Å². The topological polar surface area (TPSA) is 65.8 Å². The first-order chi connectivity index (χ1) is 18.3. The number of alkyl halides is 1. The molecule has 0 spiro atoms. The van der Waals surface area contributed by atoms with E-state index in [9.17, 15) is 27.8 Å². The zero-order chi connectivity index (χ0) is 27.3. The molecule has 206 valence electrons. The highest BCUT2D eigenvalue weighted by Gasteiger charge is 2.34. The maximum absolute atomic E-state index is 13.9. The van der Waals surface area contributed by atoms with Crippen LogP contribution in [0.25, 0.3) is 10.9 Å². The summed E-state index contributed by atoms with van der Waals surface area (Å²) in [5.41, 5.74) is 1.14. The predicted octanol–water partition coefficient (Wildman–Crippen LogP) is 5.65. The monoisotopic (exact) mass is 534 g/mol. The van der Waals surface area contributed by atoms with Crippen LogP contribution in [0.4, 0.5) is 17.6 Å². The van der Waals surface area contributed by atoms with Crippen molar-refractivity contribution >= 4 is 10.9 Å². The van der Waals surface area contributed by atoms with Crippen LogP contribution < -0.4 is 4.74 Å². The highest BCUT2D eigenvalue weighted by Crippen LogP contribution is 2.40. The minimum Gasteiger partial charge on any atom is -0.497 e. The lowest BCUT2D eigenvalue weighted by atomic mass is 9.74. The Balaban J connectivity index is 1.35. The Morgan fingerprint density at radius 1 is 1.11 bits per heavy atom. The van der Waals surface area contributed by atoms with E-state index in [0.717, 1.165) is 6.07 Å². The minimum atomic E-state index is -1.18. The van der Waals surface area contributed by atoms with Gasteiger partial charge < -0.3 is 19.8 Å². The number of benzene rings is 2. The summed E-state index contributed by atoms with van der Waals surface area (Å²) in [5.74, 6) is -2.37. The van der Waals surface area contributed by atoms with E-state index in [4.69, 9.17) is 4.74 Å². The number of hydrogen-bond donors (Lipinski definition) is 2. The molecule has 0 unspecified atom stereocenters. The van der Waals surface area contributed by atoms with Crippen LogP contribution in [0.15, 0.2) is 36.5 Å². The smallest absolute Gasteiger partial charge is 0.162 e. The fourth-order valence-corrected chi connectivity index (χ4v) is 5.47. The zero-order valence-electron chi connectivity index (χ0n) is 21.5. The van der Waals surface area contributed by atoms with Gasteiger partial charge in [0.05, 0.1) is 18.7 Å². The second kappa shape index (κ2) is 12.4. The normalized spacial score (nSPS) is 16.6. The molecule has 1 aliphatic heterocycles. The molecule has 1 aliphatic rings. The standard InChI is InChI=1S/C29H34F4N2O3/c1-38-22-4-5-25-23(15-22)27(20(16-30)17-34-25)26(37)6-7-29(18-36)8-11-35(12-9-29)10-2-3-19-13-21(31)14-24(32)28(19)33/h4-5,13-15,17,26,36-37H,2-3,6-12,16,18H2,1H3/t26-/m1/s1. The fraction of sp³-hybridized carbons (Fsp3) is 0.483. The van der Waals surface area contributed by atoms with Crippen molar-refractivity contribution in [2.75, 3.05) is 33.4 Å². The first-order valence-corrected chi connectivity index (χ1v) is 13.0. The van der Waals surface area contributed by atoms with Gasteiger partial charge in [0.25, 0.3) is 0 Å². The second-order valence-corrected chi connectivity index (χ2v) is 10.2. The van der Waals surface area contributed by atoms with Crippen LogP contribution in [0.2, 0.25) is 0 Å². The largest absolute Gasteiger partial charge is 0.497 e. The number of hydrogen-bond acceptors (Lipinski definition) is 5. The number of nitrogens with zero attached hydrogens (tertiary/aromatic N) is 2. The third-order valence-corrected chi connectivity index (χ3v) is 7.87. The predicted molar refractivity (Wildman–Crippen MR) is 137 cm³/mol. The Labute approximate surface area is 220 Å². The number of aliphatic hydroxyl groups is 2. The Morgan fingerprint density at radius 2 is 1.87 bits per heavy atom. The molecular weight excluding hydrogens is 500 g/mol. The van der Waals surface area contributed by atoms with Gasteiger partial charge in [0, 0.05) is 29.8 Å². The van der Waals surface area contributed by atoms with Crippen molar-refractivity contribution in [1.82, 2.24) is 9.88 Å². The molecule has 4 rings (SSSR count). The number of likely N-dealkylation sites (tertiary alicyclic amines) is 1. The summed E-state index contributed by atoms with van der Waals surface area (Å²) < 4.78 is 59.9. The zero-order valence-corrected chi connectivity index (χ0v) is 21.5. The third kappa shape index (κ3) is 6.27. The fourth-order valence-electron chi connectivity index (χ4n) is 5.47. The van der Waals surface area contributed by atoms with Gasteiger partial charge in [0.15, 0.2) is 11.6 Å². The van der Waals surface area contributed by atoms with Gasteiger partial charge in [-0.25, -0.2) is 17.6 Å². The van der Waals surface area contributed by atoms with Crippen LogP contribution in [0.1, 0.15) is 54.9 Å². The molecule has 1 saturated heterocycles. The van der Waals surface area contributed by atoms with E-state index < -0.39 is 30.2 Å². The molecule has 9 heteroatoms. The van der Waals surface area contributed by atoms with Crippen LogP contribution in [0, 0.1) is 22.9 Å². The van der Waals surface area contributed by atoms with E-state index in [2.05, 4.69) is 9.88 Å². The molecule has 0 saturated carbocycles. The Bertz CT molecular complexity index is 1240. The molecule has 3 aromatic rings. The lowest BCUT2D eigenvalue weighted by Gasteiger charge is -2.41. The van der Waals surface area contributed by atoms with Gasteiger partial charge in [0.1, 0.15) is 18.2 Å². The number of halogens is 4. The number of ether oxygens (including phenoxy) is 1. The van der Waals surface area contributed by atoms with Crippen LogP contribution >= 0.6 is 0 Å². The molecule has 5 nitrogen and oxygen atoms in total. The first kappa shape index (κ1) is 28.3. The molecule has 0 aliphatic carbocycles. The summed E-state index contributed by atoms with van der Waals surface area (Å²) in [5, 5.41) is 22.1. The number of fused-ring (bicyclic) bond motifs is 1. The second-order valence-electron chi connectivity index (χ2n) is 10.2. The minimum absolute atomic E-state index is 0.0256. The Morgan fingerprint density at radius 3 is 2.55 bits per heavy atom. The third-order valence-electron chi connectivity index (χ3n) is 7.87.